The molecule has 0 radical (unpaired) electrons. The Bertz CT molecular complexity index is 3190. The number of rotatable bonds is 5. The lowest BCUT2D eigenvalue weighted by molar-refractivity contribution is 1.09. The Hall–Kier alpha value is -7.04. The lowest BCUT2D eigenvalue weighted by atomic mass is 9.99. The fourth-order valence-electron chi connectivity index (χ4n) is 8.68. The van der Waals surface area contributed by atoms with Crippen LogP contribution in [0.2, 0.25) is 0 Å². The molecule has 4 heteroatoms. The second-order valence-electron chi connectivity index (χ2n) is 13.8. The molecule has 6 aromatic carbocycles. The third kappa shape index (κ3) is 4.24. The van der Waals surface area contributed by atoms with Gasteiger partial charge < -0.3 is 4.57 Å². The molecule has 0 spiro atoms. The number of para-hydroxylation sites is 1. The molecule has 4 aromatic heterocycles. The van der Waals surface area contributed by atoms with Gasteiger partial charge in [-0.3, -0.25) is 9.55 Å². The van der Waals surface area contributed by atoms with Gasteiger partial charge in [0.2, 0.25) is 0 Å². The van der Waals surface area contributed by atoms with Crippen molar-refractivity contribution in [2.24, 2.45) is 0 Å². The summed E-state index contributed by atoms with van der Waals surface area (Å²) < 4.78 is 4.65. The van der Waals surface area contributed by atoms with Crippen LogP contribution in [0.1, 0.15) is 18.2 Å². The SMILES string of the molecule is C=Cc1c(/C=C\C)c2cc(-c3ccc4c(c3)c3cc5ccccc5cc3n4-c3ccc4c(n3)-c3cccc5cncc-4c35)ccc2n1-c1ccccc1. The maximum Gasteiger partial charge on any atom is 0.138 e. The van der Waals surface area contributed by atoms with Gasteiger partial charge in [-0.1, -0.05) is 91.5 Å². The Morgan fingerprint density at radius 2 is 1.28 bits per heavy atom. The van der Waals surface area contributed by atoms with Crippen LogP contribution in [0.4, 0.5) is 0 Å². The monoisotopic (exact) mass is 676 g/mol. The van der Waals surface area contributed by atoms with Crippen molar-refractivity contribution in [3.63, 3.8) is 0 Å². The van der Waals surface area contributed by atoms with E-state index in [1.54, 1.807) is 0 Å². The second kappa shape index (κ2) is 11.2. The summed E-state index contributed by atoms with van der Waals surface area (Å²) in [6.07, 6.45) is 10.2. The van der Waals surface area contributed by atoms with Crippen molar-refractivity contribution in [3.05, 3.63) is 170 Å². The van der Waals surface area contributed by atoms with E-state index in [0.717, 1.165) is 56.0 Å². The molecule has 0 N–H and O–H groups in total. The van der Waals surface area contributed by atoms with Gasteiger partial charge in [-0.2, -0.15) is 0 Å². The summed E-state index contributed by atoms with van der Waals surface area (Å²) in [5.41, 5.74) is 13.6. The molecular formula is C49H32N4. The zero-order chi connectivity index (χ0) is 35.2. The molecule has 0 saturated carbocycles. The van der Waals surface area contributed by atoms with E-state index in [4.69, 9.17) is 4.98 Å². The van der Waals surface area contributed by atoms with Gasteiger partial charge in [-0.25, -0.2) is 4.98 Å². The Labute approximate surface area is 306 Å². The van der Waals surface area contributed by atoms with Crippen LogP contribution in [0.3, 0.4) is 0 Å². The van der Waals surface area contributed by atoms with Gasteiger partial charge >= 0.3 is 0 Å². The van der Waals surface area contributed by atoms with Crippen molar-refractivity contribution in [2.75, 3.05) is 0 Å². The number of hydrogen-bond acceptors (Lipinski definition) is 2. The second-order valence-corrected chi connectivity index (χ2v) is 13.8. The maximum absolute atomic E-state index is 5.42. The molecule has 11 rings (SSSR count). The van der Waals surface area contributed by atoms with Crippen LogP contribution in [-0.2, 0) is 0 Å². The van der Waals surface area contributed by atoms with Crippen molar-refractivity contribution < 1.29 is 0 Å². The molecule has 1 aliphatic carbocycles. The van der Waals surface area contributed by atoms with Gasteiger partial charge in [0.05, 0.1) is 27.9 Å². The fraction of sp³-hybridized carbons (Fsp3) is 0.0204. The average Bonchev–Trinajstić information content (AvgIpc) is 3.82. The van der Waals surface area contributed by atoms with E-state index >= 15 is 0 Å². The van der Waals surface area contributed by atoms with Gasteiger partial charge in [0.1, 0.15) is 5.82 Å². The topological polar surface area (TPSA) is 35.6 Å². The third-order valence-corrected chi connectivity index (χ3v) is 11.0. The van der Waals surface area contributed by atoms with Crippen LogP contribution in [0.5, 0.6) is 0 Å². The lowest BCUT2D eigenvalue weighted by Crippen LogP contribution is -1.99. The average molecular weight is 677 g/mol. The number of pyridine rings is 2. The molecule has 0 saturated heterocycles. The normalized spacial score (nSPS) is 12.2. The van der Waals surface area contributed by atoms with E-state index in [1.165, 1.54) is 54.6 Å². The molecule has 10 aromatic rings. The molecule has 0 bridgehead atoms. The predicted molar refractivity (Wildman–Crippen MR) is 223 cm³/mol. The van der Waals surface area contributed by atoms with Crippen molar-refractivity contribution in [2.45, 2.75) is 6.92 Å². The third-order valence-electron chi connectivity index (χ3n) is 11.0. The van der Waals surface area contributed by atoms with Crippen LogP contribution >= 0.6 is 0 Å². The first-order valence-corrected chi connectivity index (χ1v) is 18.1. The Morgan fingerprint density at radius 3 is 2.08 bits per heavy atom. The molecule has 0 atom stereocenters. The molecule has 53 heavy (non-hydrogen) atoms. The number of hydrogen-bond donors (Lipinski definition) is 0. The summed E-state index contributed by atoms with van der Waals surface area (Å²) in [7, 11) is 0. The van der Waals surface area contributed by atoms with E-state index in [-0.39, 0.29) is 0 Å². The van der Waals surface area contributed by atoms with Crippen molar-refractivity contribution in [1.82, 2.24) is 19.1 Å². The Morgan fingerprint density at radius 1 is 0.566 bits per heavy atom. The minimum Gasteiger partial charge on any atom is -0.309 e. The molecule has 0 aliphatic heterocycles. The van der Waals surface area contributed by atoms with Gasteiger partial charge in [0.25, 0.3) is 0 Å². The lowest BCUT2D eigenvalue weighted by Gasteiger charge is -2.11. The number of fused-ring (bicyclic) bond motifs is 8. The summed E-state index contributed by atoms with van der Waals surface area (Å²) in [6, 6.07) is 48.3. The van der Waals surface area contributed by atoms with E-state index < -0.39 is 0 Å². The van der Waals surface area contributed by atoms with E-state index in [1.807, 2.05) is 18.5 Å². The minimum atomic E-state index is 0.904. The molecule has 0 amide bonds. The van der Waals surface area contributed by atoms with Crippen molar-refractivity contribution in [1.29, 1.82) is 0 Å². The van der Waals surface area contributed by atoms with Gasteiger partial charge in [-0.15, -0.1) is 0 Å². The Balaban J connectivity index is 1.14. The standard InChI is InChI=1S/C49H32N4/c1-3-11-36-39-25-32(18-21-44(39)52(43(36)4-2)35-15-6-5-7-16-35)33-19-22-45-40(26-33)41-24-30-12-8-9-13-31(30)27-46(41)53(45)47-23-20-37-42-29-50-28-34-14-10-17-38(48(34)42)49(37)51-47/h3-29H,2H2,1H3/b11-3-. The number of aromatic nitrogens is 4. The smallest absolute Gasteiger partial charge is 0.138 e. The van der Waals surface area contributed by atoms with Crippen LogP contribution in [0.15, 0.2) is 159 Å². The highest BCUT2D eigenvalue weighted by molar-refractivity contribution is 6.16. The quantitative estimate of drug-likeness (QED) is 0.182. The fourth-order valence-corrected chi connectivity index (χ4v) is 8.68. The highest BCUT2D eigenvalue weighted by atomic mass is 15.1. The largest absolute Gasteiger partial charge is 0.309 e. The van der Waals surface area contributed by atoms with Gasteiger partial charge in [0, 0.05) is 67.3 Å². The summed E-state index contributed by atoms with van der Waals surface area (Å²) in [4.78, 5) is 9.96. The molecular weight excluding hydrogens is 645 g/mol. The number of nitrogens with zero attached hydrogens (tertiary/aromatic N) is 4. The van der Waals surface area contributed by atoms with Crippen LogP contribution in [0.25, 0.3) is 111 Å². The maximum atomic E-state index is 5.42. The van der Waals surface area contributed by atoms with Crippen LogP contribution in [-0.4, -0.2) is 19.1 Å². The summed E-state index contributed by atoms with van der Waals surface area (Å²) in [6.45, 7) is 6.29. The molecule has 1 aliphatic rings. The highest BCUT2D eigenvalue weighted by Gasteiger charge is 2.25. The highest BCUT2D eigenvalue weighted by Crippen LogP contribution is 2.47. The molecule has 248 valence electrons. The van der Waals surface area contributed by atoms with E-state index in [2.05, 4.69) is 173 Å². The zero-order valence-corrected chi connectivity index (χ0v) is 29.1. The van der Waals surface area contributed by atoms with E-state index in [0.29, 0.717) is 0 Å². The van der Waals surface area contributed by atoms with Gasteiger partial charge in [-0.05, 0) is 95.6 Å². The summed E-state index contributed by atoms with van der Waals surface area (Å²) >= 11 is 0. The van der Waals surface area contributed by atoms with E-state index in [9.17, 15) is 0 Å². The first kappa shape index (κ1) is 29.7. The molecule has 0 fully saturated rings. The summed E-state index contributed by atoms with van der Waals surface area (Å²) in [5, 5.41) is 8.40. The molecule has 4 heterocycles. The van der Waals surface area contributed by atoms with Crippen molar-refractivity contribution >= 4 is 66.4 Å². The molecule has 0 unspecified atom stereocenters. The first-order valence-electron chi connectivity index (χ1n) is 18.1. The van der Waals surface area contributed by atoms with Crippen molar-refractivity contribution in [3.8, 4) is 45.0 Å². The summed E-state index contributed by atoms with van der Waals surface area (Å²) in [5.74, 6) is 0.904. The molecule has 4 nitrogen and oxygen atoms in total. The van der Waals surface area contributed by atoms with Crippen LogP contribution < -0.4 is 0 Å². The number of allylic oxidation sites excluding steroid dienone is 1. The Kier molecular flexibility index (Phi) is 6.29. The number of benzene rings is 6. The minimum absolute atomic E-state index is 0.904. The first-order chi connectivity index (χ1) is 26.2. The zero-order valence-electron chi connectivity index (χ0n) is 29.1. The van der Waals surface area contributed by atoms with Crippen LogP contribution in [0, 0.1) is 0 Å². The van der Waals surface area contributed by atoms with Gasteiger partial charge in [0.15, 0.2) is 0 Å². The predicted octanol–water partition coefficient (Wildman–Crippen LogP) is 12.8.